The number of halogens is 1. The molecule has 0 aliphatic rings. The molecule has 0 radical (unpaired) electrons. The van der Waals surface area contributed by atoms with Crippen LogP contribution in [-0.4, -0.2) is 17.0 Å². The van der Waals surface area contributed by atoms with Crippen LogP contribution < -0.4 is 10.5 Å². The van der Waals surface area contributed by atoms with E-state index in [-0.39, 0.29) is 17.0 Å². The quantitative estimate of drug-likeness (QED) is 0.566. The number of anilines is 1. The van der Waals surface area contributed by atoms with E-state index in [9.17, 15) is 9.59 Å². The number of unbranched alkanes of at least 4 members (excludes halogenated alkanes) is 1. The summed E-state index contributed by atoms with van der Waals surface area (Å²) in [7, 11) is 0. The van der Waals surface area contributed by atoms with Crippen molar-refractivity contribution < 1.29 is 4.79 Å². The van der Waals surface area contributed by atoms with Crippen LogP contribution in [0.4, 0.5) is 5.69 Å². The van der Waals surface area contributed by atoms with Gasteiger partial charge >= 0.3 is 0 Å². The molecular weight excluding hydrogens is 372 g/mol. The Morgan fingerprint density at radius 2 is 1.82 bits per heavy atom. The molecule has 28 heavy (non-hydrogen) atoms. The molecule has 1 amide bonds. The number of rotatable bonds is 7. The van der Waals surface area contributed by atoms with E-state index in [2.05, 4.69) is 6.92 Å². The molecule has 0 fully saturated rings. The molecule has 5 heteroatoms. The van der Waals surface area contributed by atoms with Crippen LogP contribution in [-0.2, 0) is 6.54 Å². The molecule has 0 atom stereocenters. The summed E-state index contributed by atoms with van der Waals surface area (Å²) in [4.78, 5) is 27.9. The van der Waals surface area contributed by atoms with Gasteiger partial charge in [0.2, 0.25) is 0 Å². The van der Waals surface area contributed by atoms with Gasteiger partial charge < -0.3 is 9.47 Å². The minimum Gasteiger partial charge on any atom is -0.310 e. The van der Waals surface area contributed by atoms with E-state index in [4.69, 9.17) is 11.6 Å². The first kappa shape index (κ1) is 19.9. The van der Waals surface area contributed by atoms with Crippen molar-refractivity contribution in [2.45, 2.75) is 26.3 Å². The van der Waals surface area contributed by atoms with Gasteiger partial charge in [-0.15, -0.1) is 0 Å². The lowest BCUT2D eigenvalue weighted by atomic mass is 10.1. The Bertz CT molecular complexity index is 999. The average Bonchev–Trinajstić information content (AvgIpc) is 2.70. The second kappa shape index (κ2) is 9.38. The lowest BCUT2D eigenvalue weighted by Crippen LogP contribution is -2.37. The Balaban J connectivity index is 1.93. The second-order valence-electron chi connectivity index (χ2n) is 6.63. The Labute approximate surface area is 170 Å². The molecule has 3 rings (SSSR count). The van der Waals surface area contributed by atoms with E-state index in [1.807, 2.05) is 48.5 Å². The molecule has 0 N–H and O–H groups in total. The Kier molecular flexibility index (Phi) is 6.66. The summed E-state index contributed by atoms with van der Waals surface area (Å²) in [6.45, 7) is 3.01. The zero-order valence-electron chi connectivity index (χ0n) is 15.8. The predicted molar refractivity (Wildman–Crippen MR) is 114 cm³/mol. The maximum Gasteiger partial charge on any atom is 0.263 e. The van der Waals surface area contributed by atoms with Crippen molar-refractivity contribution in [2.75, 3.05) is 11.4 Å². The molecule has 0 aliphatic heterocycles. The molecule has 3 aromatic rings. The third-order valence-corrected chi connectivity index (χ3v) is 4.78. The number of amides is 1. The Morgan fingerprint density at radius 1 is 1.04 bits per heavy atom. The largest absolute Gasteiger partial charge is 0.310 e. The summed E-state index contributed by atoms with van der Waals surface area (Å²) < 4.78 is 1.54. The SMILES string of the molecule is CCCCN(C(=O)c1cccn(Cc2cccc(Cl)c2)c1=O)c1ccccc1. The summed E-state index contributed by atoms with van der Waals surface area (Å²) in [5.74, 6) is -0.273. The third-order valence-electron chi connectivity index (χ3n) is 4.54. The molecule has 0 spiro atoms. The molecule has 0 unspecified atom stereocenters. The number of aromatic nitrogens is 1. The molecule has 0 bridgehead atoms. The molecule has 144 valence electrons. The summed E-state index contributed by atoms with van der Waals surface area (Å²) in [5.41, 5.74) is 1.57. The molecule has 0 aliphatic carbocycles. The van der Waals surface area contributed by atoms with Gasteiger partial charge in [-0.25, -0.2) is 0 Å². The molecule has 1 heterocycles. The van der Waals surface area contributed by atoms with Crippen molar-refractivity contribution in [1.82, 2.24) is 4.57 Å². The molecule has 1 aromatic heterocycles. The van der Waals surface area contributed by atoms with Crippen LogP contribution in [0.25, 0.3) is 0 Å². The van der Waals surface area contributed by atoms with E-state index < -0.39 is 0 Å². The van der Waals surface area contributed by atoms with Crippen LogP contribution in [0, 0.1) is 0 Å². The fourth-order valence-electron chi connectivity index (χ4n) is 3.07. The minimum absolute atomic E-state index is 0.171. The van der Waals surface area contributed by atoms with Crippen molar-refractivity contribution >= 4 is 23.2 Å². The van der Waals surface area contributed by atoms with Gasteiger partial charge in [-0.05, 0) is 48.4 Å². The molecule has 2 aromatic carbocycles. The Hall–Kier alpha value is -2.85. The van der Waals surface area contributed by atoms with Crippen molar-refractivity contribution in [3.05, 3.63) is 99.4 Å². The van der Waals surface area contributed by atoms with Crippen LogP contribution in [0.3, 0.4) is 0 Å². The smallest absolute Gasteiger partial charge is 0.263 e. The zero-order valence-corrected chi connectivity index (χ0v) is 16.6. The summed E-state index contributed by atoms with van der Waals surface area (Å²) in [6.07, 6.45) is 3.52. The molecule has 0 saturated carbocycles. The normalized spacial score (nSPS) is 10.6. The van der Waals surface area contributed by atoms with Crippen molar-refractivity contribution in [2.24, 2.45) is 0 Å². The van der Waals surface area contributed by atoms with Crippen LogP contribution in [0.5, 0.6) is 0 Å². The zero-order chi connectivity index (χ0) is 19.9. The summed E-state index contributed by atoms with van der Waals surface area (Å²) in [6, 6.07) is 20.2. The second-order valence-corrected chi connectivity index (χ2v) is 7.07. The van der Waals surface area contributed by atoms with Gasteiger partial charge in [0.05, 0.1) is 6.54 Å². The van der Waals surface area contributed by atoms with Gasteiger partial charge in [0.15, 0.2) is 0 Å². The van der Waals surface area contributed by atoms with E-state index in [0.29, 0.717) is 18.1 Å². The summed E-state index contributed by atoms with van der Waals surface area (Å²) >= 11 is 6.04. The monoisotopic (exact) mass is 394 g/mol. The first-order valence-corrected chi connectivity index (χ1v) is 9.78. The topological polar surface area (TPSA) is 42.3 Å². The predicted octanol–water partition coefficient (Wildman–Crippen LogP) is 5.00. The number of nitrogens with zero attached hydrogens (tertiary/aromatic N) is 2. The van der Waals surface area contributed by atoms with Crippen molar-refractivity contribution in [1.29, 1.82) is 0 Å². The number of benzene rings is 2. The maximum atomic E-state index is 13.2. The lowest BCUT2D eigenvalue weighted by Gasteiger charge is -2.23. The van der Waals surface area contributed by atoms with Gasteiger partial charge in [0.25, 0.3) is 11.5 Å². The molecular formula is C23H23ClN2O2. The van der Waals surface area contributed by atoms with E-state index in [1.165, 1.54) is 0 Å². The summed E-state index contributed by atoms with van der Waals surface area (Å²) in [5, 5.41) is 0.618. The maximum absolute atomic E-state index is 13.2. The highest BCUT2D eigenvalue weighted by Crippen LogP contribution is 2.17. The third kappa shape index (κ3) is 4.70. The van der Waals surface area contributed by atoms with Gasteiger partial charge in [-0.1, -0.05) is 55.3 Å². The fourth-order valence-corrected chi connectivity index (χ4v) is 3.29. The van der Waals surface area contributed by atoms with Gasteiger partial charge in [0, 0.05) is 23.5 Å². The number of hydrogen-bond acceptors (Lipinski definition) is 2. The highest BCUT2D eigenvalue weighted by atomic mass is 35.5. The average molecular weight is 395 g/mol. The standard InChI is InChI=1S/C23H23ClN2O2/c1-2-3-15-26(20-11-5-4-6-12-20)23(28)21-13-8-14-25(22(21)27)17-18-9-7-10-19(24)16-18/h4-14,16H,2-3,15,17H2,1H3. The first-order chi connectivity index (χ1) is 13.6. The van der Waals surface area contributed by atoms with Crippen LogP contribution in [0.2, 0.25) is 5.02 Å². The highest BCUT2D eigenvalue weighted by Gasteiger charge is 2.20. The van der Waals surface area contributed by atoms with Crippen LogP contribution in [0.1, 0.15) is 35.7 Å². The number of carbonyl (C=O) groups is 1. The minimum atomic E-state index is -0.301. The van der Waals surface area contributed by atoms with E-state index in [1.54, 1.807) is 33.9 Å². The van der Waals surface area contributed by atoms with E-state index >= 15 is 0 Å². The number of carbonyl (C=O) groups excluding carboxylic acids is 1. The molecule has 0 saturated heterocycles. The number of hydrogen-bond donors (Lipinski definition) is 0. The first-order valence-electron chi connectivity index (χ1n) is 9.41. The lowest BCUT2D eigenvalue weighted by molar-refractivity contribution is 0.0984. The fraction of sp³-hybridized carbons (Fsp3) is 0.217. The number of para-hydroxylation sites is 1. The van der Waals surface area contributed by atoms with E-state index in [0.717, 1.165) is 24.1 Å². The van der Waals surface area contributed by atoms with Crippen molar-refractivity contribution in [3.63, 3.8) is 0 Å². The Morgan fingerprint density at radius 3 is 2.54 bits per heavy atom. The number of pyridine rings is 1. The van der Waals surface area contributed by atoms with Gasteiger partial charge in [-0.2, -0.15) is 0 Å². The highest BCUT2D eigenvalue weighted by molar-refractivity contribution is 6.30. The van der Waals surface area contributed by atoms with Crippen LogP contribution in [0.15, 0.2) is 77.7 Å². The van der Waals surface area contributed by atoms with Crippen LogP contribution >= 0.6 is 11.6 Å². The molecule has 4 nitrogen and oxygen atoms in total. The van der Waals surface area contributed by atoms with Crippen molar-refractivity contribution in [3.8, 4) is 0 Å². The van der Waals surface area contributed by atoms with Gasteiger partial charge in [-0.3, -0.25) is 9.59 Å². The van der Waals surface area contributed by atoms with Gasteiger partial charge in [0.1, 0.15) is 5.56 Å².